The Bertz CT molecular complexity index is 1470. The lowest BCUT2D eigenvalue weighted by atomic mass is 9.86. The minimum Gasteiger partial charge on any atom is -0.490 e. The fourth-order valence-corrected chi connectivity index (χ4v) is 6.40. The molecule has 2 aliphatic rings. The number of fused-ring (bicyclic) bond motifs is 5. The van der Waals surface area contributed by atoms with Crippen LogP contribution in [0.3, 0.4) is 0 Å². The quantitative estimate of drug-likeness (QED) is 0.307. The highest BCUT2D eigenvalue weighted by Gasteiger charge is 2.45. The predicted molar refractivity (Wildman–Crippen MR) is 142 cm³/mol. The highest BCUT2D eigenvalue weighted by Crippen LogP contribution is 2.42. The number of hydrogen-bond acceptors (Lipinski definition) is 6. The van der Waals surface area contributed by atoms with Crippen LogP contribution in [-0.4, -0.2) is 34.8 Å². The van der Waals surface area contributed by atoms with Crippen LogP contribution in [-0.2, 0) is 28.3 Å². The van der Waals surface area contributed by atoms with E-state index in [1.165, 1.54) is 5.56 Å². The number of esters is 1. The van der Waals surface area contributed by atoms with E-state index in [4.69, 9.17) is 14.5 Å². The number of aliphatic hydroxyl groups is 1. The van der Waals surface area contributed by atoms with E-state index >= 15 is 0 Å². The summed E-state index contributed by atoms with van der Waals surface area (Å²) in [6, 6.07) is 8.03. The molecule has 0 saturated carbocycles. The first-order valence-corrected chi connectivity index (χ1v) is 16.2. The Labute approximate surface area is 212 Å². The molecule has 0 amide bonds. The number of hydrogen-bond donors (Lipinski definition) is 1. The zero-order valence-corrected chi connectivity index (χ0v) is 23.1. The van der Waals surface area contributed by atoms with Gasteiger partial charge in [0.1, 0.15) is 12.4 Å². The summed E-state index contributed by atoms with van der Waals surface area (Å²) in [4.78, 5) is 31.2. The van der Waals surface area contributed by atoms with Gasteiger partial charge in [0, 0.05) is 16.5 Å². The van der Waals surface area contributed by atoms with Gasteiger partial charge < -0.3 is 19.1 Å². The van der Waals surface area contributed by atoms with Gasteiger partial charge in [-0.05, 0) is 49.6 Å². The van der Waals surface area contributed by atoms with Crippen molar-refractivity contribution in [3.63, 3.8) is 0 Å². The first-order chi connectivity index (χ1) is 16.9. The smallest absolute Gasteiger partial charge is 0.343 e. The second-order valence-electron chi connectivity index (χ2n) is 11.4. The lowest BCUT2D eigenvalue weighted by Gasteiger charge is -2.31. The molecule has 3 aromatic rings. The van der Waals surface area contributed by atoms with Gasteiger partial charge in [-0.2, -0.15) is 0 Å². The third-order valence-electron chi connectivity index (χ3n) is 7.80. The van der Waals surface area contributed by atoms with Gasteiger partial charge in [-0.1, -0.05) is 39.6 Å². The molecule has 0 aliphatic carbocycles. The summed E-state index contributed by atoms with van der Waals surface area (Å²) in [5.74, 6) is 0.0667. The topological polar surface area (TPSA) is 90.7 Å². The second-order valence-corrected chi connectivity index (χ2v) is 17.0. The summed E-state index contributed by atoms with van der Waals surface area (Å²) in [6.45, 7) is 15.3. The third-order valence-corrected chi connectivity index (χ3v) is 10.7. The van der Waals surface area contributed by atoms with Gasteiger partial charge in [-0.3, -0.25) is 4.79 Å². The van der Waals surface area contributed by atoms with E-state index in [9.17, 15) is 14.7 Å². The summed E-state index contributed by atoms with van der Waals surface area (Å²) in [5.41, 5.74) is 3.24. The highest BCUT2D eigenvalue weighted by molar-refractivity contribution is 6.77. The first-order valence-electron chi connectivity index (χ1n) is 12.7. The van der Waals surface area contributed by atoms with Crippen molar-refractivity contribution in [2.45, 2.75) is 84.2 Å². The second kappa shape index (κ2) is 8.28. The summed E-state index contributed by atoms with van der Waals surface area (Å²) in [5, 5.41) is 12.1. The van der Waals surface area contributed by atoms with Crippen LogP contribution in [0.5, 0.6) is 5.75 Å². The molecule has 0 radical (unpaired) electrons. The van der Waals surface area contributed by atoms with Crippen LogP contribution in [0.15, 0.2) is 29.1 Å². The molecule has 0 spiro atoms. The number of nitrogens with zero attached hydrogens (tertiary/aromatic N) is 2. The number of cyclic esters (lactones) is 1. The number of ether oxygens (including phenoxy) is 2. The van der Waals surface area contributed by atoms with Crippen molar-refractivity contribution in [1.29, 1.82) is 0 Å². The van der Waals surface area contributed by atoms with E-state index in [1.54, 1.807) is 17.6 Å². The summed E-state index contributed by atoms with van der Waals surface area (Å²) >= 11 is 0. The predicted octanol–water partition coefficient (Wildman–Crippen LogP) is 4.85. The summed E-state index contributed by atoms with van der Waals surface area (Å²) in [6.07, 6.45) is 0.130. The maximum Gasteiger partial charge on any atom is 0.343 e. The van der Waals surface area contributed by atoms with Gasteiger partial charge in [0.15, 0.2) is 5.60 Å². The monoisotopic (exact) mass is 506 g/mol. The van der Waals surface area contributed by atoms with Gasteiger partial charge in [0.2, 0.25) is 0 Å². The number of carbonyl (C=O) groups is 1. The van der Waals surface area contributed by atoms with E-state index < -0.39 is 19.6 Å². The van der Waals surface area contributed by atoms with Crippen molar-refractivity contribution < 1.29 is 19.4 Å². The number of carbonyl (C=O) groups excluding carboxylic acids is 1. The average molecular weight is 507 g/mol. The molecule has 36 heavy (non-hydrogen) atoms. The van der Waals surface area contributed by atoms with Crippen LogP contribution in [0, 0.1) is 0 Å². The van der Waals surface area contributed by atoms with Crippen molar-refractivity contribution in [3.05, 3.63) is 56.9 Å². The molecular weight excluding hydrogens is 472 g/mol. The molecule has 190 valence electrons. The van der Waals surface area contributed by atoms with Gasteiger partial charge in [0.25, 0.3) is 5.56 Å². The van der Waals surface area contributed by atoms with Crippen molar-refractivity contribution >= 4 is 24.9 Å². The van der Waals surface area contributed by atoms with E-state index in [-0.39, 0.29) is 24.7 Å². The molecule has 0 fully saturated rings. The molecule has 1 aromatic carbocycles. The Morgan fingerprint density at radius 3 is 2.56 bits per heavy atom. The SMILES string of the molecule is CC[C@@]1(O)C(=O)OCc2c1cc1n(c2=O)Cc2cc3c(OC(C)C)ccc(C(C)[Si](C)(C)C)c3nc2-1. The van der Waals surface area contributed by atoms with E-state index in [1.807, 2.05) is 19.9 Å². The number of rotatable bonds is 5. The van der Waals surface area contributed by atoms with Gasteiger partial charge in [-0.25, -0.2) is 9.78 Å². The summed E-state index contributed by atoms with van der Waals surface area (Å²) < 4.78 is 13.0. The third kappa shape index (κ3) is 3.61. The molecule has 0 bridgehead atoms. The van der Waals surface area contributed by atoms with Crippen LogP contribution in [0.1, 0.15) is 61.9 Å². The van der Waals surface area contributed by atoms with Crippen LogP contribution in [0.2, 0.25) is 19.6 Å². The maximum absolute atomic E-state index is 13.5. The number of aromatic nitrogens is 2. The van der Waals surface area contributed by atoms with E-state index in [0.717, 1.165) is 22.2 Å². The van der Waals surface area contributed by atoms with E-state index in [2.05, 4.69) is 38.7 Å². The Balaban J connectivity index is 1.79. The van der Waals surface area contributed by atoms with Crippen LogP contribution < -0.4 is 10.3 Å². The highest BCUT2D eigenvalue weighted by atomic mass is 28.3. The fraction of sp³-hybridized carbons (Fsp3) is 0.464. The maximum atomic E-state index is 13.5. The largest absolute Gasteiger partial charge is 0.490 e. The van der Waals surface area contributed by atoms with Gasteiger partial charge >= 0.3 is 5.97 Å². The van der Waals surface area contributed by atoms with Crippen molar-refractivity contribution in [1.82, 2.24) is 9.55 Å². The first kappa shape index (κ1) is 24.7. The number of benzene rings is 1. The average Bonchev–Trinajstić information content (AvgIpc) is 3.17. The number of pyridine rings is 2. The molecule has 4 heterocycles. The molecule has 0 saturated heterocycles. The lowest BCUT2D eigenvalue weighted by molar-refractivity contribution is -0.172. The molecule has 1 unspecified atom stereocenters. The summed E-state index contributed by atoms with van der Waals surface area (Å²) in [7, 11) is -1.55. The van der Waals surface area contributed by atoms with Crippen LogP contribution >= 0.6 is 0 Å². The Morgan fingerprint density at radius 2 is 1.92 bits per heavy atom. The normalized spacial score (nSPS) is 19.6. The molecule has 7 nitrogen and oxygen atoms in total. The molecule has 2 aliphatic heterocycles. The molecule has 2 atom stereocenters. The Kier molecular flexibility index (Phi) is 5.68. The molecule has 5 rings (SSSR count). The Hall–Kier alpha value is -2.97. The minimum absolute atomic E-state index is 0.0116. The van der Waals surface area contributed by atoms with Crippen molar-refractivity contribution in [2.24, 2.45) is 0 Å². The molecule has 1 N–H and O–H groups in total. The van der Waals surface area contributed by atoms with Crippen molar-refractivity contribution in [2.75, 3.05) is 0 Å². The van der Waals surface area contributed by atoms with Gasteiger partial charge in [0.05, 0.1) is 43.2 Å². The zero-order valence-electron chi connectivity index (χ0n) is 22.1. The van der Waals surface area contributed by atoms with E-state index in [0.29, 0.717) is 34.6 Å². The zero-order chi connectivity index (χ0) is 26.2. The standard InChI is InChI=1S/C28H34N2O5Si/c1-8-28(33)21-12-22-24-17(13-30(22)26(31)20(21)14-34-27(28)32)11-19-23(35-15(2)3)10-9-18(25(19)29-24)16(4)36(5,6)7/h9-12,15-16,33H,8,13-14H2,1-7H3/t16?,28-/m0/s1. The van der Waals surface area contributed by atoms with Crippen molar-refractivity contribution in [3.8, 4) is 17.1 Å². The molecule has 8 heteroatoms. The van der Waals surface area contributed by atoms with Crippen LogP contribution in [0.25, 0.3) is 22.3 Å². The van der Waals surface area contributed by atoms with Crippen LogP contribution in [0.4, 0.5) is 0 Å². The molecule has 2 aromatic heterocycles. The van der Waals surface area contributed by atoms with Gasteiger partial charge in [-0.15, -0.1) is 0 Å². The minimum atomic E-state index is -1.84. The fourth-order valence-electron chi connectivity index (χ4n) is 5.23. The molecular formula is C28H34N2O5Si. The lowest BCUT2D eigenvalue weighted by Crippen LogP contribution is -2.44. The Morgan fingerprint density at radius 1 is 1.19 bits per heavy atom.